The van der Waals surface area contributed by atoms with E-state index in [2.05, 4.69) is 54.2 Å². The second-order valence-corrected chi connectivity index (χ2v) is 6.76. The zero-order valence-corrected chi connectivity index (χ0v) is 11.0. The molecular weight excluding hydrogens is 176 g/mol. The molecule has 0 saturated heterocycles. The van der Waals surface area contributed by atoms with E-state index in [0.717, 1.165) is 0 Å². The van der Waals surface area contributed by atoms with Crippen LogP contribution in [-0.4, -0.2) is 5.25 Å². The Labute approximate surface area is 89.9 Å². The molecule has 0 N–H and O–H groups in total. The third kappa shape index (κ3) is 4.95. The van der Waals surface area contributed by atoms with E-state index in [4.69, 9.17) is 0 Å². The topological polar surface area (TPSA) is 0 Å². The summed E-state index contributed by atoms with van der Waals surface area (Å²) < 4.78 is 0. The Morgan fingerprint density at radius 2 is 1.54 bits per heavy atom. The van der Waals surface area contributed by atoms with Crippen LogP contribution in [0, 0.1) is 10.8 Å². The van der Waals surface area contributed by atoms with Gasteiger partial charge in [0.2, 0.25) is 0 Å². The molecule has 0 amide bonds. The molecule has 1 atom stereocenters. The van der Waals surface area contributed by atoms with Crippen molar-refractivity contribution in [3.63, 3.8) is 0 Å². The van der Waals surface area contributed by atoms with Crippen LogP contribution in [0.25, 0.3) is 0 Å². The van der Waals surface area contributed by atoms with E-state index in [0.29, 0.717) is 16.1 Å². The molecule has 0 rings (SSSR count). The summed E-state index contributed by atoms with van der Waals surface area (Å²) in [5.74, 6) is 0. The highest BCUT2D eigenvalue weighted by atomic mass is 32.1. The second kappa shape index (κ2) is 4.72. The Bertz CT molecular complexity index is 140. The molecule has 80 valence electrons. The van der Waals surface area contributed by atoms with Crippen LogP contribution in [0.15, 0.2) is 0 Å². The lowest BCUT2D eigenvalue weighted by Gasteiger charge is -2.39. The average molecular weight is 202 g/mol. The summed E-state index contributed by atoms with van der Waals surface area (Å²) in [5.41, 5.74) is 0.850. The van der Waals surface area contributed by atoms with Gasteiger partial charge in [0.15, 0.2) is 0 Å². The van der Waals surface area contributed by atoms with Gasteiger partial charge in [-0.1, -0.05) is 48.0 Å². The standard InChI is InChI=1S/C12H26S/c1-10(13)8-7-9-12(5,6)11(2,3)4/h10,13H,7-9H2,1-6H3. The maximum absolute atomic E-state index is 4.40. The third-order valence-corrected chi connectivity index (χ3v) is 3.71. The van der Waals surface area contributed by atoms with Crippen molar-refractivity contribution in [1.82, 2.24) is 0 Å². The number of rotatable bonds is 4. The van der Waals surface area contributed by atoms with Crippen molar-refractivity contribution in [2.75, 3.05) is 0 Å². The van der Waals surface area contributed by atoms with Crippen LogP contribution in [0.4, 0.5) is 0 Å². The van der Waals surface area contributed by atoms with Crippen molar-refractivity contribution in [2.45, 2.75) is 66.1 Å². The van der Waals surface area contributed by atoms with Crippen LogP contribution < -0.4 is 0 Å². The normalized spacial score (nSPS) is 15.9. The molecule has 1 unspecified atom stereocenters. The summed E-state index contributed by atoms with van der Waals surface area (Å²) in [7, 11) is 0. The van der Waals surface area contributed by atoms with Crippen molar-refractivity contribution >= 4 is 12.6 Å². The lowest BCUT2D eigenvalue weighted by Crippen LogP contribution is -2.29. The van der Waals surface area contributed by atoms with Crippen LogP contribution in [0.1, 0.15) is 60.8 Å². The maximum atomic E-state index is 4.40. The predicted octanol–water partition coefficient (Wildman–Crippen LogP) is 4.55. The van der Waals surface area contributed by atoms with E-state index >= 15 is 0 Å². The van der Waals surface area contributed by atoms with E-state index in [-0.39, 0.29) is 0 Å². The number of hydrogen-bond donors (Lipinski definition) is 1. The van der Waals surface area contributed by atoms with E-state index in [1.165, 1.54) is 19.3 Å². The summed E-state index contributed by atoms with van der Waals surface area (Å²) in [5, 5.41) is 0.552. The van der Waals surface area contributed by atoms with E-state index in [1.54, 1.807) is 0 Å². The molecule has 0 aromatic rings. The fourth-order valence-corrected chi connectivity index (χ4v) is 1.40. The molecule has 0 spiro atoms. The maximum Gasteiger partial charge on any atom is -0.00116 e. The lowest BCUT2D eigenvalue weighted by molar-refractivity contribution is 0.116. The van der Waals surface area contributed by atoms with Gasteiger partial charge in [0.05, 0.1) is 0 Å². The molecule has 0 aromatic heterocycles. The number of hydrogen-bond acceptors (Lipinski definition) is 1. The second-order valence-electron chi connectivity index (χ2n) is 5.88. The van der Waals surface area contributed by atoms with Crippen LogP contribution in [0.5, 0.6) is 0 Å². The van der Waals surface area contributed by atoms with Crippen molar-refractivity contribution in [2.24, 2.45) is 10.8 Å². The molecule has 0 aliphatic heterocycles. The minimum atomic E-state index is 0.410. The van der Waals surface area contributed by atoms with Gasteiger partial charge in [-0.05, 0) is 28.9 Å². The predicted molar refractivity (Wildman–Crippen MR) is 65.5 cm³/mol. The summed E-state index contributed by atoms with van der Waals surface area (Å²) in [6.07, 6.45) is 3.85. The largest absolute Gasteiger partial charge is 0.176 e. The van der Waals surface area contributed by atoms with E-state index in [1.807, 2.05) is 0 Å². The Kier molecular flexibility index (Phi) is 4.85. The summed E-state index contributed by atoms with van der Waals surface area (Å²) in [4.78, 5) is 0. The van der Waals surface area contributed by atoms with Crippen molar-refractivity contribution in [3.05, 3.63) is 0 Å². The fraction of sp³-hybridized carbons (Fsp3) is 1.00. The summed E-state index contributed by atoms with van der Waals surface area (Å²) in [6.45, 7) is 13.9. The third-order valence-electron chi connectivity index (χ3n) is 3.45. The highest BCUT2D eigenvalue weighted by Crippen LogP contribution is 2.41. The van der Waals surface area contributed by atoms with Gasteiger partial charge in [0, 0.05) is 0 Å². The van der Waals surface area contributed by atoms with Gasteiger partial charge in [0.1, 0.15) is 0 Å². The molecule has 1 heteroatoms. The van der Waals surface area contributed by atoms with Crippen molar-refractivity contribution in [1.29, 1.82) is 0 Å². The van der Waals surface area contributed by atoms with Gasteiger partial charge in [-0.25, -0.2) is 0 Å². The van der Waals surface area contributed by atoms with Gasteiger partial charge in [-0.2, -0.15) is 12.6 Å². The summed E-state index contributed by atoms with van der Waals surface area (Å²) >= 11 is 4.40. The highest BCUT2D eigenvalue weighted by molar-refractivity contribution is 7.80. The van der Waals surface area contributed by atoms with Gasteiger partial charge >= 0.3 is 0 Å². The molecular formula is C12H26S. The molecule has 0 radical (unpaired) electrons. The molecule has 0 nitrogen and oxygen atoms in total. The minimum Gasteiger partial charge on any atom is -0.176 e. The monoisotopic (exact) mass is 202 g/mol. The quantitative estimate of drug-likeness (QED) is 0.635. The highest BCUT2D eigenvalue weighted by Gasteiger charge is 2.31. The number of thiol groups is 1. The van der Waals surface area contributed by atoms with Gasteiger partial charge in [-0.15, -0.1) is 0 Å². The average Bonchev–Trinajstić information content (AvgIpc) is 1.82. The Morgan fingerprint density at radius 3 is 1.85 bits per heavy atom. The van der Waals surface area contributed by atoms with E-state index in [9.17, 15) is 0 Å². The Balaban J connectivity index is 3.90. The van der Waals surface area contributed by atoms with Crippen LogP contribution >= 0.6 is 12.6 Å². The van der Waals surface area contributed by atoms with Crippen LogP contribution in [0.3, 0.4) is 0 Å². The summed E-state index contributed by atoms with van der Waals surface area (Å²) in [6, 6.07) is 0. The first-order chi connectivity index (χ1) is 5.67. The van der Waals surface area contributed by atoms with E-state index < -0.39 is 0 Å². The Morgan fingerprint density at radius 1 is 1.08 bits per heavy atom. The van der Waals surface area contributed by atoms with Crippen LogP contribution in [-0.2, 0) is 0 Å². The molecule has 0 aliphatic carbocycles. The molecule has 13 heavy (non-hydrogen) atoms. The molecule has 0 saturated carbocycles. The first-order valence-corrected chi connectivity index (χ1v) is 5.86. The fourth-order valence-electron chi connectivity index (χ4n) is 1.21. The Hall–Kier alpha value is 0.350. The SMILES string of the molecule is CC(S)CCCC(C)(C)C(C)(C)C. The molecule has 0 aromatic carbocycles. The first kappa shape index (κ1) is 13.4. The lowest BCUT2D eigenvalue weighted by atomic mass is 9.67. The molecule has 0 heterocycles. The van der Waals surface area contributed by atoms with Gasteiger partial charge < -0.3 is 0 Å². The molecule has 0 fully saturated rings. The van der Waals surface area contributed by atoms with Crippen LogP contribution in [0.2, 0.25) is 0 Å². The van der Waals surface area contributed by atoms with Gasteiger partial charge in [0.25, 0.3) is 0 Å². The smallest absolute Gasteiger partial charge is 0.00116 e. The molecule has 0 aliphatic rings. The zero-order valence-electron chi connectivity index (χ0n) is 10.1. The van der Waals surface area contributed by atoms with Crippen molar-refractivity contribution < 1.29 is 0 Å². The zero-order chi connectivity index (χ0) is 10.7. The first-order valence-electron chi connectivity index (χ1n) is 5.35. The van der Waals surface area contributed by atoms with Gasteiger partial charge in [-0.3, -0.25) is 0 Å². The minimum absolute atomic E-state index is 0.410. The van der Waals surface area contributed by atoms with Crippen molar-refractivity contribution in [3.8, 4) is 0 Å². The molecule has 0 bridgehead atoms.